The summed E-state index contributed by atoms with van der Waals surface area (Å²) in [5.74, 6) is 2.46. The van der Waals surface area contributed by atoms with Gasteiger partial charge in [-0.25, -0.2) is 0 Å². The summed E-state index contributed by atoms with van der Waals surface area (Å²) in [5.41, 5.74) is 2.44. The first-order valence-electron chi connectivity index (χ1n) is 7.71. The van der Waals surface area contributed by atoms with E-state index in [4.69, 9.17) is 4.74 Å². The number of hydrogen-bond donors (Lipinski definition) is 1. The summed E-state index contributed by atoms with van der Waals surface area (Å²) >= 11 is 3.31. The van der Waals surface area contributed by atoms with Gasteiger partial charge in [-0.1, -0.05) is 12.1 Å². The minimum absolute atomic E-state index is 0.0960. The zero-order valence-corrected chi connectivity index (χ0v) is 15.3. The van der Waals surface area contributed by atoms with Crippen LogP contribution < -0.4 is 10.1 Å². The largest absolute Gasteiger partial charge is 0.494 e. The molecular weight excluding hydrogens is 326 g/mol. The van der Waals surface area contributed by atoms with E-state index in [0.29, 0.717) is 18.9 Å². The van der Waals surface area contributed by atoms with Crippen LogP contribution in [0.4, 0.5) is 0 Å². The van der Waals surface area contributed by atoms with Crippen molar-refractivity contribution in [3.05, 3.63) is 51.7 Å². The van der Waals surface area contributed by atoms with Crippen LogP contribution in [0, 0.1) is 13.8 Å². The average Bonchev–Trinajstić information content (AvgIpc) is 3.01. The highest BCUT2D eigenvalue weighted by Crippen LogP contribution is 2.16. The highest BCUT2D eigenvalue weighted by molar-refractivity contribution is 7.99. The van der Waals surface area contributed by atoms with Crippen LogP contribution in [0.2, 0.25) is 0 Å². The molecule has 0 unspecified atom stereocenters. The number of nitrogens with one attached hydrogen (secondary N) is 1. The summed E-state index contributed by atoms with van der Waals surface area (Å²) in [6, 6.07) is 10.3. The fraction of sp³-hybridized carbons (Fsp3) is 0.389. The molecular formula is C18H23NO2S2. The second kappa shape index (κ2) is 9.63. The summed E-state index contributed by atoms with van der Waals surface area (Å²) in [6.07, 6.45) is 0.940. The third kappa shape index (κ3) is 7.10. The van der Waals surface area contributed by atoms with E-state index in [0.717, 1.165) is 17.9 Å². The topological polar surface area (TPSA) is 38.3 Å². The number of carbonyl (C=O) groups is 1. The van der Waals surface area contributed by atoms with Gasteiger partial charge in [0.05, 0.1) is 18.9 Å². The summed E-state index contributed by atoms with van der Waals surface area (Å²) in [5, 5.41) is 4.95. The van der Waals surface area contributed by atoms with Crippen LogP contribution in [0.25, 0.3) is 0 Å². The summed E-state index contributed by atoms with van der Waals surface area (Å²) in [4.78, 5) is 12.9. The second-order valence-electron chi connectivity index (χ2n) is 5.43. The van der Waals surface area contributed by atoms with Crippen molar-refractivity contribution in [1.82, 2.24) is 5.32 Å². The molecule has 23 heavy (non-hydrogen) atoms. The van der Waals surface area contributed by atoms with E-state index in [-0.39, 0.29) is 5.91 Å². The number of amides is 1. The van der Waals surface area contributed by atoms with Crippen molar-refractivity contribution in [2.24, 2.45) is 0 Å². The van der Waals surface area contributed by atoms with Crippen LogP contribution in [0.3, 0.4) is 0 Å². The predicted molar refractivity (Wildman–Crippen MR) is 99.5 cm³/mol. The van der Waals surface area contributed by atoms with E-state index in [1.807, 2.05) is 17.5 Å². The SMILES string of the molecule is Cc1cc(C)cc(OCCCSCC(=O)NCc2cccs2)c1. The molecule has 1 amide bonds. The molecule has 0 radical (unpaired) electrons. The fourth-order valence-electron chi connectivity index (χ4n) is 2.18. The molecule has 3 nitrogen and oxygen atoms in total. The number of thioether (sulfide) groups is 1. The van der Waals surface area contributed by atoms with Crippen LogP contribution in [0.1, 0.15) is 22.4 Å². The van der Waals surface area contributed by atoms with Gasteiger partial charge in [0.25, 0.3) is 0 Å². The molecule has 0 aliphatic rings. The minimum atomic E-state index is 0.0960. The van der Waals surface area contributed by atoms with Gasteiger partial charge in [-0.15, -0.1) is 11.3 Å². The van der Waals surface area contributed by atoms with Crippen molar-refractivity contribution >= 4 is 29.0 Å². The van der Waals surface area contributed by atoms with E-state index in [1.54, 1.807) is 23.1 Å². The molecule has 5 heteroatoms. The first-order chi connectivity index (χ1) is 11.1. The Morgan fingerprint density at radius 3 is 2.74 bits per heavy atom. The van der Waals surface area contributed by atoms with Crippen LogP contribution >= 0.6 is 23.1 Å². The molecule has 1 aromatic carbocycles. The first-order valence-corrected chi connectivity index (χ1v) is 9.75. The zero-order valence-electron chi connectivity index (χ0n) is 13.6. The van der Waals surface area contributed by atoms with Gasteiger partial charge >= 0.3 is 0 Å². The van der Waals surface area contributed by atoms with Gasteiger partial charge in [-0.2, -0.15) is 11.8 Å². The molecule has 124 valence electrons. The molecule has 0 atom stereocenters. The van der Waals surface area contributed by atoms with Crippen molar-refractivity contribution in [1.29, 1.82) is 0 Å². The Morgan fingerprint density at radius 1 is 1.26 bits per heavy atom. The molecule has 0 fully saturated rings. The van der Waals surface area contributed by atoms with Gasteiger partial charge in [-0.3, -0.25) is 4.79 Å². The Morgan fingerprint density at radius 2 is 2.04 bits per heavy atom. The predicted octanol–water partition coefficient (Wildman–Crippen LogP) is 4.18. The van der Waals surface area contributed by atoms with Crippen LogP contribution in [0.5, 0.6) is 5.75 Å². The quantitative estimate of drug-likeness (QED) is 0.690. The molecule has 0 spiro atoms. The number of thiophene rings is 1. The highest BCUT2D eigenvalue weighted by atomic mass is 32.2. The van der Waals surface area contributed by atoms with Gasteiger partial charge in [0.1, 0.15) is 5.75 Å². The smallest absolute Gasteiger partial charge is 0.230 e. The third-order valence-electron chi connectivity index (χ3n) is 3.17. The van der Waals surface area contributed by atoms with Gasteiger partial charge in [-0.05, 0) is 60.7 Å². The number of benzene rings is 1. The lowest BCUT2D eigenvalue weighted by Gasteiger charge is -2.08. The maximum Gasteiger partial charge on any atom is 0.230 e. The van der Waals surface area contributed by atoms with Crippen LogP contribution in [0.15, 0.2) is 35.7 Å². The summed E-state index contributed by atoms with van der Waals surface area (Å²) in [7, 11) is 0. The van der Waals surface area contributed by atoms with Crippen LogP contribution in [-0.2, 0) is 11.3 Å². The van der Waals surface area contributed by atoms with Gasteiger partial charge < -0.3 is 10.1 Å². The monoisotopic (exact) mass is 349 g/mol. The zero-order chi connectivity index (χ0) is 16.5. The van der Waals surface area contributed by atoms with E-state index < -0.39 is 0 Å². The number of carbonyl (C=O) groups excluding carboxylic acids is 1. The summed E-state index contributed by atoms with van der Waals surface area (Å²) in [6.45, 7) is 5.47. The van der Waals surface area contributed by atoms with Crippen molar-refractivity contribution in [3.63, 3.8) is 0 Å². The molecule has 0 aliphatic heterocycles. The maximum absolute atomic E-state index is 11.7. The van der Waals surface area contributed by atoms with Gasteiger partial charge in [0, 0.05) is 4.88 Å². The van der Waals surface area contributed by atoms with Gasteiger partial charge in [0.2, 0.25) is 5.91 Å². The number of rotatable bonds is 9. The van der Waals surface area contributed by atoms with Crippen molar-refractivity contribution < 1.29 is 9.53 Å². The molecule has 2 rings (SSSR count). The lowest BCUT2D eigenvalue weighted by molar-refractivity contribution is -0.118. The molecule has 1 aromatic heterocycles. The molecule has 1 N–H and O–H groups in total. The van der Waals surface area contributed by atoms with E-state index in [9.17, 15) is 4.79 Å². The van der Waals surface area contributed by atoms with Crippen molar-refractivity contribution in [2.75, 3.05) is 18.1 Å². The van der Waals surface area contributed by atoms with E-state index >= 15 is 0 Å². The van der Waals surface area contributed by atoms with Crippen LogP contribution in [-0.4, -0.2) is 24.0 Å². The Balaban J connectivity index is 1.52. The third-order valence-corrected chi connectivity index (χ3v) is 5.09. The second-order valence-corrected chi connectivity index (χ2v) is 7.57. The van der Waals surface area contributed by atoms with E-state index in [2.05, 4.69) is 37.4 Å². The average molecular weight is 350 g/mol. The van der Waals surface area contributed by atoms with Crippen molar-refractivity contribution in [2.45, 2.75) is 26.8 Å². The van der Waals surface area contributed by atoms with E-state index in [1.165, 1.54) is 16.0 Å². The molecule has 0 saturated carbocycles. The molecule has 0 bridgehead atoms. The number of ether oxygens (including phenoxy) is 1. The normalized spacial score (nSPS) is 10.5. The summed E-state index contributed by atoms with van der Waals surface area (Å²) < 4.78 is 5.76. The highest BCUT2D eigenvalue weighted by Gasteiger charge is 2.02. The Bertz CT molecular complexity index is 591. The first kappa shape index (κ1) is 17.9. The Hall–Kier alpha value is -1.46. The maximum atomic E-state index is 11.7. The molecule has 0 saturated heterocycles. The lowest BCUT2D eigenvalue weighted by atomic mass is 10.1. The Kier molecular flexibility index (Phi) is 7.49. The molecule has 1 heterocycles. The standard InChI is InChI=1S/C18H23NO2S2/c1-14-9-15(2)11-16(10-14)21-6-4-7-22-13-18(20)19-12-17-5-3-8-23-17/h3,5,8-11H,4,6-7,12-13H2,1-2H3,(H,19,20). The van der Waals surface area contributed by atoms with Crippen molar-refractivity contribution in [3.8, 4) is 5.75 Å². The molecule has 2 aromatic rings. The Labute approximate surface area is 146 Å². The minimum Gasteiger partial charge on any atom is -0.494 e. The number of hydrogen-bond acceptors (Lipinski definition) is 4. The fourth-order valence-corrected chi connectivity index (χ4v) is 3.58. The lowest BCUT2D eigenvalue weighted by Crippen LogP contribution is -2.24. The van der Waals surface area contributed by atoms with Gasteiger partial charge in [0.15, 0.2) is 0 Å². The number of aryl methyl sites for hydroxylation is 2. The molecule has 0 aliphatic carbocycles.